The molecule has 17 heavy (non-hydrogen) atoms. The molecule has 1 rings (SSSR count). The van der Waals surface area contributed by atoms with E-state index >= 15 is 0 Å². The first kappa shape index (κ1) is 15.3. The lowest BCUT2D eigenvalue weighted by molar-refractivity contribution is 0.112. The fourth-order valence-electron chi connectivity index (χ4n) is 0.900. The number of carbonyl (C=O) groups is 1. The average Bonchev–Trinajstić information content (AvgIpc) is 2.38. The smallest absolute Gasteiger partial charge is 0.152 e. The molecule has 0 aliphatic carbocycles. The molecule has 0 aliphatic heterocycles. The van der Waals surface area contributed by atoms with E-state index in [1.54, 1.807) is 23.2 Å². The maximum absolute atomic E-state index is 10.7. The summed E-state index contributed by atoms with van der Waals surface area (Å²) < 4.78 is 0. The highest BCUT2D eigenvalue weighted by atomic mass is 16.1. The highest BCUT2D eigenvalue weighted by Gasteiger charge is 2.00. The van der Waals surface area contributed by atoms with Gasteiger partial charge in [-0.25, -0.2) is 0 Å². The van der Waals surface area contributed by atoms with Crippen LogP contribution in [0.3, 0.4) is 0 Å². The Hall–Kier alpha value is -1.71. The minimum atomic E-state index is 0.289. The maximum atomic E-state index is 10.7. The number of nitrogens with zero attached hydrogens (tertiary/aromatic N) is 3. The maximum Gasteiger partial charge on any atom is 0.152 e. The zero-order valence-corrected chi connectivity index (χ0v) is 11.2. The molecule has 0 amide bonds. The Balaban J connectivity index is 0.00000121. The Morgan fingerprint density at radius 3 is 2.35 bits per heavy atom. The summed E-state index contributed by atoms with van der Waals surface area (Å²) in [7, 11) is 1.84. The van der Waals surface area contributed by atoms with Gasteiger partial charge in [0, 0.05) is 18.7 Å². The quantitative estimate of drug-likeness (QED) is 0.452. The van der Waals surface area contributed by atoms with Crippen LogP contribution in [0, 0.1) is 0 Å². The van der Waals surface area contributed by atoms with Gasteiger partial charge in [0.05, 0.1) is 5.69 Å². The zero-order chi connectivity index (χ0) is 13.3. The summed E-state index contributed by atoms with van der Waals surface area (Å²) >= 11 is 0. The highest BCUT2D eigenvalue weighted by molar-refractivity contribution is 5.82. The van der Waals surface area contributed by atoms with Gasteiger partial charge in [0.25, 0.3) is 0 Å². The second kappa shape index (κ2) is 8.44. The predicted molar refractivity (Wildman–Crippen MR) is 70.6 cm³/mol. The van der Waals surface area contributed by atoms with Gasteiger partial charge in [-0.15, -0.1) is 5.11 Å². The summed E-state index contributed by atoms with van der Waals surface area (Å²) in [4.78, 5) is 10.7. The summed E-state index contributed by atoms with van der Waals surface area (Å²) in [5.74, 6) is 0. The van der Waals surface area contributed by atoms with Gasteiger partial charge in [-0.1, -0.05) is 31.2 Å². The van der Waals surface area contributed by atoms with E-state index in [1.807, 2.05) is 40.8 Å². The van der Waals surface area contributed by atoms with Gasteiger partial charge in [-0.05, 0) is 26.0 Å². The highest BCUT2D eigenvalue weighted by Crippen LogP contribution is 2.17. The number of hydrogen-bond acceptors (Lipinski definition) is 3. The number of rotatable bonds is 4. The van der Waals surface area contributed by atoms with Crippen molar-refractivity contribution in [3.63, 3.8) is 0 Å². The molecule has 1 aromatic rings. The van der Waals surface area contributed by atoms with Gasteiger partial charge < -0.3 is 0 Å². The molecule has 0 bridgehead atoms. The first-order chi connectivity index (χ1) is 8.15. The van der Waals surface area contributed by atoms with Crippen molar-refractivity contribution in [2.24, 2.45) is 10.3 Å². The normalized spacial score (nSPS) is 10.0. The van der Waals surface area contributed by atoms with Crippen molar-refractivity contribution in [2.45, 2.75) is 33.7 Å². The molecule has 1 aromatic carbocycles. The fourth-order valence-corrected chi connectivity index (χ4v) is 0.900. The van der Waals surface area contributed by atoms with Crippen LogP contribution >= 0.6 is 0 Å². The van der Waals surface area contributed by atoms with Gasteiger partial charge in [0.2, 0.25) is 0 Å². The van der Waals surface area contributed by atoms with E-state index in [2.05, 4.69) is 10.3 Å². The average molecular weight is 235 g/mol. The fraction of sp³-hybridized carbons (Fsp3) is 0.462. The molecule has 0 unspecified atom stereocenters. The van der Waals surface area contributed by atoms with Crippen LogP contribution in [0.1, 0.15) is 38.1 Å². The molecule has 0 aliphatic rings. The number of benzene rings is 1. The Bertz CT molecular complexity index is 361. The molecular weight excluding hydrogens is 214 g/mol. The van der Waals surface area contributed by atoms with E-state index in [-0.39, 0.29) is 6.04 Å². The lowest BCUT2D eigenvalue weighted by Crippen LogP contribution is -2.19. The van der Waals surface area contributed by atoms with Crippen molar-refractivity contribution in [1.29, 1.82) is 0 Å². The van der Waals surface area contributed by atoms with E-state index < -0.39 is 0 Å². The lowest BCUT2D eigenvalue weighted by Gasteiger charge is -2.14. The minimum absolute atomic E-state index is 0.289. The Kier molecular flexibility index (Phi) is 7.59. The van der Waals surface area contributed by atoms with Crippen LogP contribution in [0.25, 0.3) is 0 Å². The first-order valence-electron chi connectivity index (χ1n) is 5.84. The largest absolute Gasteiger partial charge is 0.298 e. The molecule has 4 nitrogen and oxygen atoms in total. The van der Waals surface area contributed by atoms with Crippen LogP contribution < -0.4 is 0 Å². The third kappa shape index (κ3) is 5.24. The summed E-state index contributed by atoms with van der Waals surface area (Å²) in [5.41, 5.74) is 1.15. The van der Waals surface area contributed by atoms with Gasteiger partial charge >= 0.3 is 0 Å². The molecule has 0 aromatic heterocycles. The third-order valence-corrected chi connectivity index (χ3v) is 2.10. The number of carbonyl (C=O) groups excluding carboxylic acids is 1. The standard InChI is InChI=1S/C11H15N3O.C2H6/c1-9(2)14(3)13-12-11-7-5-4-6-10(11)8-15;1-2/h4-9H,1-3H3;1-2H3. The van der Waals surface area contributed by atoms with Crippen LogP contribution in [-0.4, -0.2) is 24.4 Å². The Morgan fingerprint density at radius 1 is 1.24 bits per heavy atom. The summed E-state index contributed by atoms with van der Waals surface area (Å²) in [6.45, 7) is 8.04. The third-order valence-electron chi connectivity index (χ3n) is 2.10. The van der Waals surface area contributed by atoms with Crippen molar-refractivity contribution in [1.82, 2.24) is 5.01 Å². The first-order valence-corrected chi connectivity index (χ1v) is 5.84. The molecule has 0 radical (unpaired) electrons. The lowest BCUT2D eigenvalue weighted by atomic mass is 10.2. The van der Waals surface area contributed by atoms with Gasteiger partial charge in [0.15, 0.2) is 6.29 Å². The molecule has 4 heteroatoms. The molecule has 0 N–H and O–H groups in total. The van der Waals surface area contributed by atoms with E-state index in [4.69, 9.17) is 0 Å². The van der Waals surface area contributed by atoms with Crippen molar-refractivity contribution in [2.75, 3.05) is 7.05 Å². The van der Waals surface area contributed by atoms with Crippen LogP contribution in [-0.2, 0) is 0 Å². The van der Waals surface area contributed by atoms with Gasteiger partial charge in [-0.2, -0.15) is 0 Å². The van der Waals surface area contributed by atoms with Crippen molar-refractivity contribution >= 4 is 12.0 Å². The molecule has 0 saturated heterocycles. The Labute approximate surface area is 103 Å². The molecule has 94 valence electrons. The summed E-state index contributed by atoms with van der Waals surface area (Å²) in [5, 5.41) is 9.76. The summed E-state index contributed by atoms with van der Waals surface area (Å²) in [6, 6.07) is 7.40. The molecular formula is C13H21N3O. The van der Waals surface area contributed by atoms with Crippen molar-refractivity contribution < 1.29 is 4.79 Å². The van der Waals surface area contributed by atoms with Gasteiger partial charge in [-0.3, -0.25) is 9.80 Å². The van der Waals surface area contributed by atoms with E-state index in [0.717, 1.165) is 6.29 Å². The predicted octanol–water partition coefficient (Wildman–Crippen LogP) is 3.86. The number of aldehydes is 1. The zero-order valence-electron chi connectivity index (χ0n) is 11.2. The molecule has 0 saturated carbocycles. The van der Waals surface area contributed by atoms with Gasteiger partial charge in [0.1, 0.15) is 0 Å². The number of hydrogen-bond donors (Lipinski definition) is 0. The minimum Gasteiger partial charge on any atom is -0.298 e. The SMILES string of the molecule is CC.CC(C)N(C)N=Nc1ccccc1C=O. The van der Waals surface area contributed by atoms with Crippen LogP contribution in [0.15, 0.2) is 34.6 Å². The van der Waals surface area contributed by atoms with Crippen LogP contribution in [0.2, 0.25) is 0 Å². The Morgan fingerprint density at radius 2 is 1.82 bits per heavy atom. The second-order valence-corrected chi connectivity index (χ2v) is 3.53. The summed E-state index contributed by atoms with van der Waals surface area (Å²) in [6.07, 6.45) is 0.781. The second-order valence-electron chi connectivity index (χ2n) is 3.53. The van der Waals surface area contributed by atoms with E-state index in [9.17, 15) is 4.79 Å². The van der Waals surface area contributed by atoms with Crippen LogP contribution in [0.4, 0.5) is 5.69 Å². The molecule has 0 atom stereocenters. The van der Waals surface area contributed by atoms with E-state index in [0.29, 0.717) is 11.3 Å². The topological polar surface area (TPSA) is 45.0 Å². The molecule has 0 heterocycles. The van der Waals surface area contributed by atoms with Crippen LogP contribution in [0.5, 0.6) is 0 Å². The monoisotopic (exact) mass is 235 g/mol. The van der Waals surface area contributed by atoms with Crippen molar-refractivity contribution in [3.8, 4) is 0 Å². The van der Waals surface area contributed by atoms with E-state index in [1.165, 1.54) is 0 Å². The molecule has 0 spiro atoms. The molecule has 0 fully saturated rings. The van der Waals surface area contributed by atoms with Crippen molar-refractivity contribution in [3.05, 3.63) is 29.8 Å².